The fraction of sp³-hybridized carbons (Fsp3) is 0.294. The first kappa shape index (κ1) is 11.8. The molecule has 0 nitrogen and oxygen atoms in total. The highest BCUT2D eigenvalue weighted by molar-refractivity contribution is 6.30. The molecule has 1 saturated carbocycles. The molecule has 92 valence electrons. The van der Waals surface area contributed by atoms with E-state index in [9.17, 15) is 0 Å². The molecular formula is C17H17Cl. The van der Waals surface area contributed by atoms with Crippen molar-refractivity contribution in [1.82, 2.24) is 0 Å². The van der Waals surface area contributed by atoms with Crippen molar-refractivity contribution < 1.29 is 0 Å². The van der Waals surface area contributed by atoms with Crippen molar-refractivity contribution in [2.45, 2.75) is 31.6 Å². The van der Waals surface area contributed by atoms with Gasteiger partial charge in [-0.1, -0.05) is 60.5 Å². The summed E-state index contributed by atoms with van der Waals surface area (Å²) >= 11 is 5.94. The zero-order valence-electron chi connectivity index (χ0n) is 10.8. The summed E-state index contributed by atoms with van der Waals surface area (Å²) in [5.41, 5.74) is 4.49. The number of benzene rings is 2. The van der Waals surface area contributed by atoms with E-state index < -0.39 is 0 Å². The fourth-order valence-electron chi connectivity index (χ4n) is 2.80. The molecule has 1 fully saturated rings. The van der Waals surface area contributed by atoms with E-state index in [-0.39, 0.29) is 0 Å². The highest BCUT2D eigenvalue weighted by Gasteiger charge is 2.51. The lowest BCUT2D eigenvalue weighted by atomic mass is 9.92. The van der Waals surface area contributed by atoms with Crippen LogP contribution in [0.2, 0.25) is 5.02 Å². The molecule has 2 unspecified atom stereocenters. The predicted molar refractivity (Wildman–Crippen MR) is 77.3 cm³/mol. The maximum atomic E-state index is 5.94. The molecular weight excluding hydrogens is 240 g/mol. The van der Waals surface area contributed by atoms with Crippen LogP contribution in [0, 0.1) is 6.92 Å². The SMILES string of the molecule is Cc1ccc(C2(C)CC2c2ccc(Cl)cc2)cc1. The second-order valence-electron chi connectivity index (χ2n) is 5.59. The monoisotopic (exact) mass is 256 g/mol. The molecule has 2 aromatic carbocycles. The minimum atomic E-state index is 0.307. The zero-order chi connectivity index (χ0) is 12.8. The topological polar surface area (TPSA) is 0 Å². The van der Waals surface area contributed by atoms with E-state index in [1.807, 2.05) is 12.1 Å². The summed E-state index contributed by atoms with van der Waals surface area (Å²) in [6.45, 7) is 4.49. The first-order valence-corrected chi connectivity index (χ1v) is 6.80. The number of hydrogen-bond acceptors (Lipinski definition) is 0. The zero-order valence-corrected chi connectivity index (χ0v) is 11.5. The van der Waals surface area contributed by atoms with E-state index in [1.165, 1.54) is 23.1 Å². The van der Waals surface area contributed by atoms with Gasteiger partial charge in [-0.2, -0.15) is 0 Å². The molecule has 0 radical (unpaired) electrons. The van der Waals surface area contributed by atoms with Gasteiger partial charge in [0.15, 0.2) is 0 Å². The summed E-state index contributed by atoms with van der Waals surface area (Å²) in [7, 11) is 0. The maximum Gasteiger partial charge on any atom is 0.0406 e. The first-order chi connectivity index (χ1) is 8.59. The summed E-state index contributed by atoms with van der Waals surface area (Å²) in [5.74, 6) is 0.637. The number of aryl methyl sites for hydroxylation is 1. The summed E-state index contributed by atoms with van der Waals surface area (Å²) in [4.78, 5) is 0. The molecule has 0 aromatic heterocycles. The van der Waals surface area contributed by atoms with Crippen molar-refractivity contribution in [3.63, 3.8) is 0 Å². The molecule has 0 N–H and O–H groups in total. The third kappa shape index (κ3) is 1.95. The number of halogens is 1. The van der Waals surface area contributed by atoms with Crippen LogP contribution in [0.3, 0.4) is 0 Å². The first-order valence-electron chi connectivity index (χ1n) is 6.42. The number of hydrogen-bond donors (Lipinski definition) is 0. The van der Waals surface area contributed by atoms with Crippen LogP contribution in [0.25, 0.3) is 0 Å². The van der Waals surface area contributed by atoms with Gasteiger partial charge >= 0.3 is 0 Å². The highest BCUT2D eigenvalue weighted by atomic mass is 35.5. The Hall–Kier alpha value is -1.27. The van der Waals surface area contributed by atoms with E-state index in [2.05, 4.69) is 50.2 Å². The summed E-state index contributed by atoms with van der Waals surface area (Å²) < 4.78 is 0. The molecule has 0 bridgehead atoms. The van der Waals surface area contributed by atoms with Gasteiger partial charge in [0.05, 0.1) is 0 Å². The third-order valence-electron chi connectivity index (χ3n) is 4.22. The van der Waals surface area contributed by atoms with Crippen molar-refractivity contribution in [3.05, 3.63) is 70.2 Å². The van der Waals surface area contributed by atoms with Crippen LogP contribution in [0.5, 0.6) is 0 Å². The Morgan fingerprint density at radius 3 is 2.22 bits per heavy atom. The Labute approximate surface area is 114 Å². The standard InChI is InChI=1S/C17H17Cl/c1-12-3-7-14(8-4-12)17(2)11-16(17)13-5-9-15(18)10-6-13/h3-10,16H,11H2,1-2H3. The van der Waals surface area contributed by atoms with Gasteiger partial charge in [0.25, 0.3) is 0 Å². The van der Waals surface area contributed by atoms with E-state index in [1.54, 1.807) is 0 Å². The van der Waals surface area contributed by atoms with Crippen LogP contribution in [-0.4, -0.2) is 0 Å². The highest BCUT2D eigenvalue weighted by Crippen LogP contribution is 2.60. The van der Waals surface area contributed by atoms with Gasteiger partial charge in [0, 0.05) is 5.02 Å². The van der Waals surface area contributed by atoms with Gasteiger partial charge in [-0.3, -0.25) is 0 Å². The average molecular weight is 257 g/mol. The van der Waals surface area contributed by atoms with Gasteiger partial charge in [0.2, 0.25) is 0 Å². The van der Waals surface area contributed by atoms with E-state index in [4.69, 9.17) is 11.6 Å². The Morgan fingerprint density at radius 1 is 1.00 bits per heavy atom. The minimum Gasteiger partial charge on any atom is -0.0843 e. The van der Waals surface area contributed by atoms with Crippen molar-refractivity contribution in [2.75, 3.05) is 0 Å². The van der Waals surface area contributed by atoms with Crippen molar-refractivity contribution in [3.8, 4) is 0 Å². The van der Waals surface area contributed by atoms with Crippen LogP contribution in [-0.2, 0) is 5.41 Å². The molecule has 2 aromatic rings. The van der Waals surface area contributed by atoms with Crippen molar-refractivity contribution in [2.24, 2.45) is 0 Å². The normalized spacial score (nSPS) is 26.1. The van der Waals surface area contributed by atoms with E-state index >= 15 is 0 Å². The molecule has 3 rings (SSSR count). The van der Waals surface area contributed by atoms with Crippen LogP contribution in [0.15, 0.2) is 48.5 Å². The van der Waals surface area contributed by atoms with Crippen molar-refractivity contribution in [1.29, 1.82) is 0 Å². The second kappa shape index (κ2) is 4.13. The van der Waals surface area contributed by atoms with E-state index in [0.717, 1.165) is 5.02 Å². The lowest BCUT2D eigenvalue weighted by Crippen LogP contribution is -2.03. The molecule has 0 amide bonds. The lowest BCUT2D eigenvalue weighted by molar-refractivity contribution is 0.748. The van der Waals surface area contributed by atoms with Crippen LogP contribution in [0.1, 0.15) is 36.0 Å². The van der Waals surface area contributed by atoms with Crippen LogP contribution >= 0.6 is 11.6 Å². The second-order valence-corrected chi connectivity index (χ2v) is 6.03. The molecule has 0 aliphatic heterocycles. The van der Waals surface area contributed by atoms with E-state index in [0.29, 0.717) is 11.3 Å². The third-order valence-corrected chi connectivity index (χ3v) is 4.47. The van der Waals surface area contributed by atoms with Gasteiger partial charge in [-0.25, -0.2) is 0 Å². The van der Waals surface area contributed by atoms with Gasteiger partial charge in [-0.05, 0) is 47.9 Å². The predicted octanol–water partition coefficient (Wildman–Crippen LogP) is 5.09. The summed E-state index contributed by atoms with van der Waals surface area (Å²) in [6, 6.07) is 17.3. The smallest absolute Gasteiger partial charge is 0.0406 e. The molecule has 2 atom stereocenters. The number of rotatable bonds is 2. The maximum absolute atomic E-state index is 5.94. The Balaban J connectivity index is 1.87. The largest absolute Gasteiger partial charge is 0.0843 e. The van der Waals surface area contributed by atoms with Gasteiger partial charge in [-0.15, -0.1) is 0 Å². The molecule has 0 spiro atoms. The summed E-state index contributed by atoms with van der Waals surface area (Å²) in [5, 5.41) is 0.816. The lowest BCUT2D eigenvalue weighted by Gasteiger charge is -2.12. The Kier molecular flexibility index (Phi) is 2.71. The molecule has 0 saturated heterocycles. The average Bonchev–Trinajstić information content (AvgIpc) is 3.04. The molecule has 1 heteroatoms. The summed E-state index contributed by atoms with van der Waals surface area (Å²) in [6.07, 6.45) is 1.23. The molecule has 18 heavy (non-hydrogen) atoms. The molecule has 1 aliphatic rings. The van der Waals surface area contributed by atoms with Gasteiger partial charge < -0.3 is 0 Å². The molecule has 1 aliphatic carbocycles. The van der Waals surface area contributed by atoms with Crippen LogP contribution < -0.4 is 0 Å². The molecule has 0 heterocycles. The minimum absolute atomic E-state index is 0.307. The Bertz CT molecular complexity index is 553. The Morgan fingerprint density at radius 2 is 1.61 bits per heavy atom. The van der Waals surface area contributed by atoms with Gasteiger partial charge in [0.1, 0.15) is 0 Å². The fourth-order valence-corrected chi connectivity index (χ4v) is 2.93. The van der Waals surface area contributed by atoms with Crippen LogP contribution in [0.4, 0.5) is 0 Å². The van der Waals surface area contributed by atoms with Crippen molar-refractivity contribution >= 4 is 11.6 Å². The quantitative estimate of drug-likeness (QED) is 0.702.